The molecule has 88 valence electrons. The summed E-state index contributed by atoms with van der Waals surface area (Å²) in [5, 5.41) is 10.00. The molecule has 1 heterocycles. The zero-order valence-electron chi connectivity index (χ0n) is 9.54. The van der Waals surface area contributed by atoms with Crippen molar-refractivity contribution in [3.8, 4) is 0 Å². The molecule has 0 unspecified atom stereocenters. The van der Waals surface area contributed by atoms with E-state index in [0.29, 0.717) is 11.3 Å². The van der Waals surface area contributed by atoms with Crippen molar-refractivity contribution in [1.29, 1.82) is 0 Å². The number of benzene rings is 1. The number of Topliss-reactive ketones (excluding diaryl/α,β-unsaturated/α-hetero) is 1. The van der Waals surface area contributed by atoms with E-state index in [-0.39, 0.29) is 5.78 Å². The Hall–Kier alpha value is -1.87. The Morgan fingerprint density at radius 3 is 2.47 bits per heavy atom. The summed E-state index contributed by atoms with van der Waals surface area (Å²) in [5.74, 6) is -0.195. The Kier molecular flexibility index (Phi) is 3.40. The van der Waals surface area contributed by atoms with Crippen LogP contribution in [-0.4, -0.2) is 10.9 Å². The maximum Gasteiger partial charge on any atom is 0.168 e. The minimum atomic E-state index is -0.905. The fourth-order valence-electron chi connectivity index (χ4n) is 1.71. The number of carbonyl (C=O) groups is 1. The van der Waals surface area contributed by atoms with Gasteiger partial charge in [-0.2, -0.15) is 0 Å². The van der Waals surface area contributed by atoms with Crippen LogP contribution in [0.3, 0.4) is 0 Å². The molecule has 3 heteroatoms. The van der Waals surface area contributed by atoms with Gasteiger partial charge in [0, 0.05) is 5.56 Å². The number of aliphatic hydroxyl groups excluding tert-OH is 1. The second-order valence-corrected chi connectivity index (χ2v) is 3.98. The highest BCUT2D eigenvalue weighted by Gasteiger charge is 2.26. The maximum atomic E-state index is 12.1. The largest absolute Gasteiger partial charge is 0.467 e. The van der Waals surface area contributed by atoms with Crippen LogP contribution in [0.2, 0.25) is 0 Å². The fourth-order valence-corrected chi connectivity index (χ4v) is 1.71. The predicted molar refractivity (Wildman–Crippen MR) is 63.6 cm³/mol. The van der Waals surface area contributed by atoms with Gasteiger partial charge in [0.1, 0.15) is 11.9 Å². The van der Waals surface area contributed by atoms with Crippen molar-refractivity contribution in [2.45, 2.75) is 13.0 Å². The second-order valence-electron chi connectivity index (χ2n) is 3.98. The first-order chi connectivity index (χ1) is 8.20. The first kappa shape index (κ1) is 11.6. The van der Waals surface area contributed by atoms with Gasteiger partial charge in [-0.15, -0.1) is 0 Å². The summed E-state index contributed by atoms with van der Waals surface area (Å²) >= 11 is 0. The van der Waals surface area contributed by atoms with Crippen LogP contribution in [0.25, 0.3) is 0 Å². The topological polar surface area (TPSA) is 50.4 Å². The first-order valence-electron chi connectivity index (χ1n) is 5.51. The number of carbonyl (C=O) groups excluding carboxylic acids is 1. The number of aliphatic hydroxyl groups is 1. The van der Waals surface area contributed by atoms with Gasteiger partial charge in [0.15, 0.2) is 5.78 Å². The van der Waals surface area contributed by atoms with E-state index in [2.05, 4.69) is 0 Å². The molecule has 0 aliphatic heterocycles. The van der Waals surface area contributed by atoms with Crippen LogP contribution in [-0.2, 0) is 0 Å². The molecular weight excluding hydrogens is 216 g/mol. The molecule has 0 bridgehead atoms. The van der Waals surface area contributed by atoms with Gasteiger partial charge in [0.25, 0.3) is 0 Å². The highest BCUT2D eigenvalue weighted by molar-refractivity contribution is 5.97. The van der Waals surface area contributed by atoms with E-state index < -0.39 is 12.0 Å². The highest BCUT2D eigenvalue weighted by atomic mass is 16.4. The zero-order valence-corrected chi connectivity index (χ0v) is 9.54. The number of rotatable bonds is 4. The lowest BCUT2D eigenvalue weighted by molar-refractivity contribution is 0.0644. The zero-order chi connectivity index (χ0) is 12.3. The molecule has 0 aliphatic rings. The fraction of sp³-hybridized carbons (Fsp3) is 0.214. The highest BCUT2D eigenvalue weighted by Crippen LogP contribution is 2.25. The molecule has 0 aliphatic carbocycles. The summed E-state index contributed by atoms with van der Waals surface area (Å²) in [7, 11) is 0. The van der Waals surface area contributed by atoms with E-state index in [1.807, 2.05) is 6.07 Å². The Bertz CT molecular complexity index is 473. The number of furan rings is 1. The molecular formula is C14H14O3. The minimum absolute atomic E-state index is 0.0884. The third kappa shape index (κ3) is 2.45. The quantitative estimate of drug-likeness (QED) is 0.821. The smallest absolute Gasteiger partial charge is 0.168 e. The van der Waals surface area contributed by atoms with E-state index in [1.165, 1.54) is 6.26 Å². The number of ketones is 1. The van der Waals surface area contributed by atoms with Crippen LogP contribution in [0.1, 0.15) is 29.1 Å². The molecule has 2 aromatic rings. The van der Waals surface area contributed by atoms with E-state index in [0.717, 1.165) is 0 Å². The van der Waals surface area contributed by atoms with Crippen molar-refractivity contribution >= 4 is 5.78 Å². The van der Waals surface area contributed by atoms with E-state index in [9.17, 15) is 9.90 Å². The summed E-state index contributed by atoms with van der Waals surface area (Å²) in [6.07, 6.45) is 0.579. The lowest BCUT2D eigenvalue weighted by atomic mass is 9.93. The third-order valence-corrected chi connectivity index (χ3v) is 2.78. The van der Waals surface area contributed by atoms with Gasteiger partial charge < -0.3 is 9.52 Å². The van der Waals surface area contributed by atoms with Crippen LogP contribution in [0.15, 0.2) is 53.1 Å². The van der Waals surface area contributed by atoms with Gasteiger partial charge in [0.2, 0.25) is 0 Å². The standard InChI is InChI=1S/C14H14O3/c1-10(14(16)12-8-5-9-17-12)13(15)11-6-3-2-4-7-11/h2-10,14,16H,1H3/t10-,14+/m0/s1. The maximum absolute atomic E-state index is 12.1. The van der Waals surface area contributed by atoms with Crippen LogP contribution in [0, 0.1) is 5.92 Å². The summed E-state index contributed by atoms with van der Waals surface area (Å²) in [6, 6.07) is 12.3. The lowest BCUT2D eigenvalue weighted by Crippen LogP contribution is -2.19. The van der Waals surface area contributed by atoms with E-state index in [4.69, 9.17) is 4.42 Å². The summed E-state index contributed by atoms with van der Waals surface area (Å²) in [5.41, 5.74) is 0.602. The van der Waals surface area contributed by atoms with Crippen molar-refractivity contribution in [1.82, 2.24) is 0 Å². The number of hydrogen-bond acceptors (Lipinski definition) is 3. The first-order valence-corrected chi connectivity index (χ1v) is 5.51. The summed E-state index contributed by atoms with van der Waals surface area (Å²) in [6.45, 7) is 1.70. The Labute approximate surface area is 99.7 Å². The molecule has 17 heavy (non-hydrogen) atoms. The molecule has 1 aromatic carbocycles. The van der Waals surface area contributed by atoms with Crippen molar-refractivity contribution < 1.29 is 14.3 Å². The van der Waals surface area contributed by atoms with Crippen LogP contribution in [0.4, 0.5) is 0 Å². The molecule has 0 radical (unpaired) electrons. The summed E-state index contributed by atoms with van der Waals surface area (Å²) < 4.78 is 5.10. The second kappa shape index (κ2) is 4.97. The normalized spacial score (nSPS) is 14.2. The van der Waals surface area contributed by atoms with Crippen molar-refractivity contribution in [2.24, 2.45) is 5.92 Å². The molecule has 0 spiro atoms. The molecule has 3 nitrogen and oxygen atoms in total. The predicted octanol–water partition coefficient (Wildman–Crippen LogP) is 2.83. The third-order valence-electron chi connectivity index (χ3n) is 2.78. The molecule has 2 atom stereocenters. The van der Waals surface area contributed by atoms with Crippen molar-refractivity contribution in [3.63, 3.8) is 0 Å². The van der Waals surface area contributed by atoms with Crippen LogP contribution < -0.4 is 0 Å². The van der Waals surface area contributed by atoms with E-state index >= 15 is 0 Å². The molecule has 2 rings (SSSR count). The van der Waals surface area contributed by atoms with Crippen LogP contribution in [0.5, 0.6) is 0 Å². The molecule has 1 aromatic heterocycles. The van der Waals surface area contributed by atoms with Gasteiger partial charge in [-0.3, -0.25) is 4.79 Å². The Morgan fingerprint density at radius 2 is 1.88 bits per heavy atom. The molecule has 0 saturated carbocycles. The van der Waals surface area contributed by atoms with Crippen molar-refractivity contribution in [2.75, 3.05) is 0 Å². The molecule has 0 amide bonds. The Balaban J connectivity index is 2.16. The average Bonchev–Trinajstić information content (AvgIpc) is 2.91. The average molecular weight is 230 g/mol. The summed E-state index contributed by atoms with van der Waals surface area (Å²) in [4.78, 5) is 12.1. The van der Waals surface area contributed by atoms with Gasteiger partial charge in [-0.05, 0) is 12.1 Å². The SMILES string of the molecule is C[C@@H](C(=O)c1ccccc1)[C@@H](O)c1ccco1. The molecule has 0 fully saturated rings. The van der Waals surface area contributed by atoms with Gasteiger partial charge in [-0.25, -0.2) is 0 Å². The lowest BCUT2D eigenvalue weighted by Gasteiger charge is -2.15. The van der Waals surface area contributed by atoms with E-state index in [1.54, 1.807) is 43.3 Å². The molecule has 1 N–H and O–H groups in total. The van der Waals surface area contributed by atoms with Gasteiger partial charge in [0.05, 0.1) is 12.2 Å². The number of hydrogen-bond donors (Lipinski definition) is 1. The van der Waals surface area contributed by atoms with Gasteiger partial charge in [-0.1, -0.05) is 37.3 Å². The molecule has 0 saturated heterocycles. The van der Waals surface area contributed by atoms with Crippen molar-refractivity contribution in [3.05, 3.63) is 60.1 Å². The minimum Gasteiger partial charge on any atom is -0.467 e. The van der Waals surface area contributed by atoms with Gasteiger partial charge >= 0.3 is 0 Å². The Morgan fingerprint density at radius 1 is 1.18 bits per heavy atom. The monoisotopic (exact) mass is 230 g/mol. The van der Waals surface area contributed by atoms with Crippen LogP contribution >= 0.6 is 0 Å².